The molecule has 0 amide bonds. The van der Waals surface area contributed by atoms with Gasteiger partial charge in [-0.3, -0.25) is 9.97 Å². The topological polar surface area (TPSA) is 37.8 Å². The highest BCUT2D eigenvalue weighted by molar-refractivity contribution is 9.11. The van der Waals surface area contributed by atoms with Crippen molar-refractivity contribution in [2.24, 2.45) is 0 Å². The Labute approximate surface area is 130 Å². The smallest absolute Gasteiger partial charge is 0.0719 e. The highest BCUT2D eigenvalue weighted by atomic mass is 79.9. The maximum Gasteiger partial charge on any atom is 0.0719 e. The van der Waals surface area contributed by atoms with E-state index in [-0.39, 0.29) is 6.04 Å². The van der Waals surface area contributed by atoms with Crippen molar-refractivity contribution in [3.05, 3.63) is 57.0 Å². The minimum atomic E-state index is 0.155. The lowest BCUT2D eigenvalue weighted by atomic mass is 10.1. The molecule has 0 saturated heterocycles. The number of halogens is 2. The van der Waals surface area contributed by atoms with Crippen LogP contribution in [0.2, 0.25) is 0 Å². The van der Waals surface area contributed by atoms with Gasteiger partial charge in [-0.25, -0.2) is 0 Å². The van der Waals surface area contributed by atoms with Gasteiger partial charge in [0.15, 0.2) is 0 Å². The Balaban J connectivity index is 2.24. The van der Waals surface area contributed by atoms with Crippen LogP contribution in [0.15, 0.2) is 45.6 Å². The summed E-state index contributed by atoms with van der Waals surface area (Å²) in [5.41, 5.74) is 2.07. The molecule has 0 aliphatic carbocycles. The molecule has 0 radical (unpaired) electrons. The molecule has 0 saturated carbocycles. The van der Waals surface area contributed by atoms with Gasteiger partial charge in [-0.15, -0.1) is 0 Å². The van der Waals surface area contributed by atoms with Crippen molar-refractivity contribution in [2.45, 2.75) is 19.4 Å². The lowest BCUT2D eigenvalue weighted by molar-refractivity contribution is 0.529. The molecule has 2 aromatic heterocycles. The van der Waals surface area contributed by atoms with E-state index in [2.05, 4.69) is 54.1 Å². The SMILES string of the molecule is CCNC(Cc1ccccn1)c1ncc(Br)cc1Br. The predicted octanol–water partition coefficient (Wildman–Crippen LogP) is 3.89. The minimum Gasteiger partial charge on any atom is -0.309 e. The summed E-state index contributed by atoms with van der Waals surface area (Å²) in [5.74, 6) is 0. The fourth-order valence-electron chi connectivity index (χ4n) is 1.92. The van der Waals surface area contributed by atoms with Gasteiger partial charge in [0.25, 0.3) is 0 Å². The third-order valence-electron chi connectivity index (χ3n) is 2.76. The van der Waals surface area contributed by atoms with Crippen LogP contribution in [0.3, 0.4) is 0 Å². The maximum atomic E-state index is 4.51. The van der Waals surface area contributed by atoms with E-state index in [1.165, 1.54) is 0 Å². The highest BCUT2D eigenvalue weighted by Crippen LogP contribution is 2.26. The first-order valence-corrected chi connectivity index (χ1v) is 7.73. The van der Waals surface area contributed by atoms with Crippen molar-refractivity contribution in [3.63, 3.8) is 0 Å². The third kappa shape index (κ3) is 4.09. The molecule has 0 aliphatic heterocycles. The second-order valence-electron chi connectivity index (χ2n) is 4.16. The second kappa shape index (κ2) is 7.12. The first-order valence-electron chi connectivity index (χ1n) is 6.15. The lowest BCUT2D eigenvalue weighted by Crippen LogP contribution is -2.24. The molecule has 0 spiro atoms. The molecular formula is C14H15Br2N3. The van der Waals surface area contributed by atoms with Crippen LogP contribution in [-0.2, 0) is 6.42 Å². The number of likely N-dealkylation sites (N-methyl/N-ethyl adjacent to an activating group) is 1. The Morgan fingerprint density at radius 3 is 2.74 bits per heavy atom. The summed E-state index contributed by atoms with van der Waals surface area (Å²) in [6, 6.07) is 8.15. The predicted molar refractivity (Wildman–Crippen MR) is 84.0 cm³/mol. The van der Waals surface area contributed by atoms with Crippen molar-refractivity contribution >= 4 is 31.9 Å². The van der Waals surface area contributed by atoms with Crippen LogP contribution in [-0.4, -0.2) is 16.5 Å². The molecule has 1 unspecified atom stereocenters. The first kappa shape index (κ1) is 14.6. The molecule has 100 valence electrons. The van der Waals surface area contributed by atoms with E-state index in [9.17, 15) is 0 Å². The zero-order valence-electron chi connectivity index (χ0n) is 10.6. The van der Waals surface area contributed by atoms with Gasteiger partial charge in [0.1, 0.15) is 0 Å². The maximum absolute atomic E-state index is 4.51. The summed E-state index contributed by atoms with van der Waals surface area (Å²) in [7, 11) is 0. The average Bonchev–Trinajstić information content (AvgIpc) is 2.39. The molecular weight excluding hydrogens is 370 g/mol. The van der Waals surface area contributed by atoms with Gasteiger partial charge in [0, 0.05) is 33.5 Å². The third-order valence-corrected chi connectivity index (χ3v) is 3.83. The largest absolute Gasteiger partial charge is 0.309 e. The van der Waals surface area contributed by atoms with Crippen molar-refractivity contribution in [1.29, 1.82) is 0 Å². The molecule has 2 aromatic rings. The molecule has 2 rings (SSSR count). The monoisotopic (exact) mass is 383 g/mol. The van der Waals surface area contributed by atoms with Gasteiger partial charge in [0.2, 0.25) is 0 Å². The van der Waals surface area contributed by atoms with Crippen LogP contribution >= 0.6 is 31.9 Å². The summed E-state index contributed by atoms with van der Waals surface area (Å²) >= 11 is 7.00. The zero-order valence-corrected chi connectivity index (χ0v) is 13.8. The highest BCUT2D eigenvalue weighted by Gasteiger charge is 2.16. The number of pyridine rings is 2. The average molecular weight is 385 g/mol. The van der Waals surface area contributed by atoms with Crippen LogP contribution < -0.4 is 5.32 Å². The standard InChI is InChI=1S/C14H15Br2N3/c1-2-17-13(8-11-5-3-4-6-18-11)14-12(16)7-10(15)9-19-14/h3-7,9,13,17H,2,8H2,1H3. The Morgan fingerprint density at radius 2 is 2.11 bits per heavy atom. The van der Waals surface area contributed by atoms with Gasteiger partial charge < -0.3 is 5.32 Å². The van der Waals surface area contributed by atoms with Gasteiger partial charge in [0.05, 0.1) is 11.7 Å². The lowest BCUT2D eigenvalue weighted by Gasteiger charge is -2.18. The number of nitrogens with one attached hydrogen (secondary N) is 1. The van der Waals surface area contributed by atoms with E-state index in [1.54, 1.807) is 0 Å². The minimum absolute atomic E-state index is 0.155. The molecule has 1 N–H and O–H groups in total. The van der Waals surface area contributed by atoms with Crippen molar-refractivity contribution in [3.8, 4) is 0 Å². The van der Waals surface area contributed by atoms with Crippen molar-refractivity contribution in [2.75, 3.05) is 6.54 Å². The Bertz CT molecular complexity index is 531. The summed E-state index contributed by atoms with van der Waals surface area (Å²) in [6.07, 6.45) is 4.47. The number of nitrogens with zero attached hydrogens (tertiary/aromatic N) is 2. The molecule has 0 aromatic carbocycles. The first-order chi connectivity index (χ1) is 9.20. The van der Waals surface area contributed by atoms with E-state index in [0.29, 0.717) is 0 Å². The summed E-state index contributed by atoms with van der Waals surface area (Å²) in [5, 5.41) is 3.46. The molecule has 0 aliphatic rings. The number of aromatic nitrogens is 2. The van der Waals surface area contributed by atoms with Gasteiger partial charge >= 0.3 is 0 Å². The Morgan fingerprint density at radius 1 is 1.26 bits per heavy atom. The molecule has 5 heteroatoms. The van der Waals surface area contributed by atoms with Crippen LogP contribution in [0.25, 0.3) is 0 Å². The normalized spacial score (nSPS) is 12.4. The molecule has 0 bridgehead atoms. The van der Waals surface area contributed by atoms with E-state index >= 15 is 0 Å². The van der Waals surface area contributed by atoms with Crippen LogP contribution in [0.1, 0.15) is 24.4 Å². The van der Waals surface area contributed by atoms with E-state index < -0.39 is 0 Å². The van der Waals surface area contributed by atoms with E-state index in [4.69, 9.17) is 0 Å². The fraction of sp³-hybridized carbons (Fsp3) is 0.286. The van der Waals surface area contributed by atoms with Crippen LogP contribution in [0.5, 0.6) is 0 Å². The van der Waals surface area contributed by atoms with Crippen molar-refractivity contribution in [1.82, 2.24) is 15.3 Å². The molecule has 1 atom stereocenters. The van der Waals surface area contributed by atoms with Crippen LogP contribution in [0, 0.1) is 0 Å². The quantitative estimate of drug-likeness (QED) is 0.849. The number of hydrogen-bond donors (Lipinski definition) is 1. The number of rotatable bonds is 5. The number of hydrogen-bond acceptors (Lipinski definition) is 3. The molecule has 0 fully saturated rings. The molecule has 3 nitrogen and oxygen atoms in total. The molecule has 19 heavy (non-hydrogen) atoms. The van der Waals surface area contributed by atoms with Gasteiger partial charge in [-0.2, -0.15) is 0 Å². The summed E-state index contributed by atoms with van der Waals surface area (Å²) in [6.45, 7) is 2.99. The zero-order chi connectivity index (χ0) is 13.7. The summed E-state index contributed by atoms with van der Waals surface area (Å²) < 4.78 is 1.97. The van der Waals surface area contributed by atoms with Gasteiger partial charge in [-0.1, -0.05) is 13.0 Å². The Hall–Kier alpha value is -0.780. The van der Waals surface area contributed by atoms with Crippen molar-refractivity contribution < 1.29 is 0 Å². The van der Waals surface area contributed by atoms with E-state index in [1.807, 2.05) is 36.7 Å². The van der Waals surface area contributed by atoms with Crippen LogP contribution in [0.4, 0.5) is 0 Å². The van der Waals surface area contributed by atoms with Gasteiger partial charge in [-0.05, 0) is 56.6 Å². The summed E-state index contributed by atoms with van der Waals surface area (Å²) in [4.78, 5) is 8.89. The fourth-order valence-corrected chi connectivity index (χ4v) is 3.19. The molecule has 2 heterocycles. The second-order valence-corrected chi connectivity index (χ2v) is 5.93. The Kier molecular flexibility index (Phi) is 5.48. The van der Waals surface area contributed by atoms with E-state index in [0.717, 1.165) is 33.3 Å².